The van der Waals surface area contributed by atoms with E-state index in [0.29, 0.717) is 8.95 Å². The summed E-state index contributed by atoms with van der Waals surface area (Å²) in [5.74, 6) is -0.923. The average Bonchev–Trinajstić information content (AvgIpc) is 2.01. The third-order valence-electron chi connectivity index (χ3n) is 1.66. The number of carbonyl (C=O) groups is 1. The molecule has 0 saturated carbocycles. The maximum absolute atomic E-state index is 10.5. The number of hydrogen-bond acceptors (Lipinski definition) is 3. The van der Waals surface area contributed by atoms with Gasteiger partial charge in [-0.2, -0.15) is 0 Å². The summed E-state index contributed by atoms with van der Waals surface area (Å²) in [6.07, 6.45) is 3.06. The number of rotatable bonds is 3. The first-order valence-electron chi connectivity index (χ1n) is 3.78. The fourth-order valence-corrected chi connectivity index (χ4v) is 2.58. The summed E-state index contributed by atoms with van der Waals surface area (Å²) < 4.78 is 1.42. The molecule has 0 aliphatic rings. The van der Waals surface area contributed by atoms with Crippen molar-refractivity contribution in [2.45, 2.75) is 12.5 Å². The van der Waals surface area contributed by atoms with E-state index in [2.05, 4.69) is 36.8 Å². The first-order chi connectivity index (χ1) is 6.52. The lowest BCUT2D eigenvalue weighted by Crippen LogP contribution is -2.16. The monoisotopic (exact) mass is 322 g/mol. The van der Waals surface area contributed by atoms with Gasteiger partial charge in [0.05, 0.1) is 6.42 Å². The highest BCUT2D eigenvalue weighted by atomic mass is 79.9. The van der Waals surface area contributed by atoms with Crippen molar-refractivity contribution in [3.8, 4) is 0 Å². The van der Waals surface area contributed by atoms with Gasteiger partial charge in [0.2, 0.25) is 0 Å². The third kappa shape index (κ3) is 2.76. The lowest BCUT2D eigenvalue weighted by atomic mass is 10.1. The summed E-state index contributed by atoms with van der Waals surface area (Å²) in [6.45, 7) is 0. The van der Waals surface area contributed by atoms with Crippen LogP contribution in [0.4, 0.5) is 0 Å². The summed E-state index contributed by atoms with van der Waals surface area (Å²) in [4.78, 5) is 14.4. The van der Waals surface area contributed by atoms with E-state index >= 15 is 0 Å². The van der Waals surface area contributed by atoms with Crippen LogP contribution in [0.15, 0.2) is 21.3 Å². The summed E-state index contributed by atoms with van der Waals surface area (Å²) in [7, 11) is 0. The Bertz CT molecular complexity index is 337. The van der Waals surface area contributed by atoms with E-state index in [-0.39, 0.29) is 6.42 Å². The largest absolute Gasteiger partial charge is 0.481 e. The second-order valence-corrected chi connectivity index (χ2v) is 4.43. The summed E-state index contributed by atoms with van der Waals surface area (Å²) >= 11 is 6.54. The Labute approximate surface area is 97.8 Å². The topological polar surface area (TPSA) is 76.2 Å². The molecule has 1 unspecified atom stereocenters. The minimum absolute atomic E-state index is 0.110. The molecule has 0 aliphatic carbocycles. The first-order valence-corrected chi connectivity index (χ1v) is 5.37. The van der Waals surface area contributed by atoms with Gasteiger partial charge >= 0.3 is 5.97 Å². The zero-order valence-electron chi connectivity index (χ0n) is 7.08. The molecule has 6 heteroatoms. The van der Waals surface area contributed by atoms with Crippen LogP contribution in [0.3, 0.4) is 0 Å². The van der Waals surface area contributed by atoms with Crippen molar-refractivity contribution in [1.82, 2.24) is 4.98 Å². The Morgan fingerprint density at radius 1 is 1.50 bits per heavy atom. The normalized spacial score (nSPS) is 12.5. The number of aromatic nitrogens is 1. The van der Waals surface area contributed by atoms with E-state index in [4.69, 9.17) is 10.8 Å². The van der Waals surface area contributed by atoms with E-state index in [1.165, 1.54) is 0 Å². The molecule has 0 spiro atoms. The predicted molar refractivity (Wildman–Crippen MR) is 58.8 cm³/mol. The van der Waals surface area contributed by atoms with Crippen molar-refractivity contribution in [2.24, 2.45) is 5.73 Å². The highest BCUT2D eigenvalue weighted by molar-refractivity contribution is 9.11. The van der Waals surface area contributed by atoms with Gasteiger partial charge in [-0.25, -0.2) is 0 Å². The summed E-state index contributed by atoms with van der Waals surface area (Å²) in [6, 6.07) is -0.542. The fraction of sp³-hybridized carbons (Fsp3) is 0.250. The number of hydrogen-bond donors (Lipinski definition) is 2. The van der Waals surface area contributed by atoms with Crippen LogP contribution in [0.2, 0.25) is 0 Å². The minimum atomic E-state index is -0.923. The number of carboxylic acid groups (broad SMARTS) is 1. The van der Waals surface area contributed by atoms with Gasteiger partial charge in [0.25, 0.3) is 0 Å². The molecule has 0 saturated heterocycles. The van der Waals surface area contributed by atoms with Crippen molar-refractivity contribution in [1.29, 1.82) is 0 Å². The molecule has 1 aromatic heterocycles. The average molecular weight is 324 g/mol. The molecule has 0 radical (unpaired) electrons. The van der Waals surface area contributed by atoms with Crippen LogP contribution >= 0.6 is 31.9 Å². The van der Waals surface area contributed by atoms with Crippen molar-refractivity contribution >= 4 is 37.8 Å². The molecule has 76 valence electrons. The molecule has 0 bridgehead atoms. The second kappa shape index (κ2) is 4.86. The number of nitrogens with zero attached hydrogens (tertiary/aromatic N) is 1. The molecule has 1 rings (SSSR count). The lowest BCUT2D eigenvalue weighted by Gasteiger charge is -2.12. The Morgan fingerprint density at radius 2 is 2.00 bits per heavy atom. The SMILES string of the molecule is NC(CC(=O)O)c1c(Br)cncc1Br. The van der Waals surface area contributed by atoms with Gasteiger partial charge in [0, 0.05) is 32.9 Å². The quantitative estimate of drug-likeness (QED) is 0.893. The van der Waals surface area contributed by atoms with Gasteiger partial charge in [0.15, 0.2) is 0 Å². The molecule has 1 atom stereocenters. The number of aliphatic carboxylic acids is 1. The van der Waals surface area contributed by atoms with Crippen molar-refractivity contribution in [3.63, 3.8) is 0 Å². The zero-order valence-corrected chi connectivity index (χ0v) is 10.2. The molecular formula is C8H8Br2N2O2. The smallest absolute Gasteiger partial charge is 0.305 e. The van der Waals surface area contributed by atoms with Crippen LogP contribution in [-0.2, 0) is 4.79 Å². The Kier molecular flexibility index (Phi) is 4.03. The molecule has 3 N–H and O–H groups in total. The third-order valence-corrected chi connectivity index (χ3v) is 2.92. The van der Waals surface area contributed by atoms with Gasteiger partial charge in [0.1, 0.15) is 0 Å². The maximum Gasteiger partial charge on any atom is 0.305 e. The van der Waals surface area contributed by atoms with Gasteiger partial charge in [-0.3, -0.25) is 9.78 Å². The van der Waals surface area contributed by atoms with Gasteiger partial charge in [-0.15, -0.1) is 0 Å². The predicted octanol–water partition coefficient (Wildman–Crippen LogP) is 2.08. The van der Waals surface area contributed by atoms with Crippen LogP contribution in [-0.4, -0.2) is 16.1 Å². The number of halogens is 2. The molecule has 0 amide bonds. The molecule has 4 nitrogen and oxygen atoms in total. The van der Waals surface area contributed by atoms with E-state index in [1.807, 2.05) is 0 Å². The fourth-order valence-electron chi connectivity index (χ4n) is 1.07. The van der Waals surface area contributed by atoms with E-state index < -0.39 is 12.0 Å². The molecule has 1 heterocycles. The Morgan fingerprint density at radius 3 is 2.43 bits per heavy atom. The summed E-state index contributed by atoms with van der Waals surface area (Å²) in [5.41, 5.74) is 6.45. The second-order valence-electron chi connectivity index (χ2n) is 2.72. The van der Waals surface area contributed by atoms with Gasteiger partial charge in [-0.1, -0.05) is 0 Å². The van der Waals surface area contributed by atoms with Crippen LogP contribution in [0.1, 0.15) is 18.0 Å². The molecular weight excluding hydrogens is 316 g/mol. The maximum atomic E-state index is 10.5. The van der Waals surface area contributed by atoms with E-state index in [1.54, 1.807) is 12.4 Å². The molecule has 0 aliphatic heterocycles. The molecule has 0 fully saturated rings. The van der Waals surface area contributed by atoms with E-state index in [9.17, 15) is 4.79 Å². The van der Waals surface area contributed by atoms with Crippen LogP contribution in [0.25, 0.3) is 0 Å². The lowest BCUT2D eigenvalue weighted by molar-refractivity contribution is -0.137. The standard InChI is InChI=1S/C8H8Br2N2O2/c9-4-2-12-3-5(10)8(4)6(11)1-7(13)14/h2-3,6H,1,11H2,(H,13,14). The summed E-state index contributed by atoms with van der Waals surface area (Å²) in [5, 5.41) is 8.60. The zero-order chi connectivity index (χ0) is 10.7. The van der Waals surface area contributed by atoms with Crippen molar-refractivity contribution in [3.05, 3.63) is 26.9 Å². The van der Waals surface area contributed by atoms with Gasteiger partial charge < -0.3 is 10.8 Å². The highest BCUT2D eigenvalue weighted by Crippen LogP contribution is 2.29. The van der Waals surface area contributed by atoms with Crippen molar-refractivity contribution in [2.75, 3.05) is 0 Å². The minimum Gasteiger partial charge on any atom is -0.481 e. The molecule has 14 heavy (non-hydrogen) atoms. The first kappa shape index (κ1) is 11.6. The van der Waals surface area contributed by atoms with Crippen LogP contribution < -0.4 is 5.73 Å². The van der Waals surface area contributed by atoms with Crippen LogP contribution in [0, 0.1) is 0 Å². The molecule has 0 aromatic carbocycles. The number of nitrogens with two attached hydrogens (primary N) is 1. The van der Waals surface area contributed by atoms with Gasteiger partial charge in [-0.05, 0) is 31.9 Å². The Balaban J connectivity index is 2.99. The number of pyridine rings is 1. The Hall–Kier alpha value is -0.460. The number of carboxylic acids is 1. The van der Waals surface area contributed by atoms with E-state index in [0.717, 1.165) is 5.56 Å². The molecule has 1 aromatic rings. The van der Waals surface area contributed by atoms with Crippen LogP contribution in [0.5, 0.6) is 0 Å². The highest BCUT2D eigenvalue weighted by Gasteiger charge is 2.16. The van der Waals surface area contributed by atoms with Crippen molar-refractivity contribution < 1.29 is 9.90 Å².